The highest BCUT2D eigenvalue weighted by atomic mass is 32.1. The fourth-order valence-electron chi connectivity index (χ4n) is 2.58. The summed E-state index contributed by atoms with van der Waals surface area (Å²) >= 11 is 1.29. The predicted octanol–water partition coefficient (Wildman–Crippen LogP) is 4.85. The SMILES string of the molecule is Cc1nc(COc2ccccc2)sc1C(=O)Nc1cccc(C(=O)OC(C)C)c1. The molecule has 3 rings (SSSR count). The molecule has 0 saturated heterocycles. The summed E-state index contributed by atoms with van der Waals surface area (Å²) in [6, 6.07) is 16.1. The highest BCUT2D eigenvalue weighted by Crippen LogP contribution is 2.22. The molecule has 0 aliphatic carbocycles. The van der Waals surface area contributed by atoms with Crippen LogP contribution in [-0.2, 0) is 11.3 Å². The molecule has 29 heavy (non-hydrogen) atoms. The minimum atomic E-state index is -0.426. The summed E-state index contributed by atoms with van der Waals surface area (Å²) in [5.74, 6) is 0.0437. The van der Waals surface area contributed by atoms with Gasteiger partial charge in [0.2, 0.25) is 0 Å². The molecule has 0 aliphatic heterocycles. The Balaban J connectivity index is 1.66. The van der Waals surface area contributed by atoms with E-state index in [1.165, 1.54) is 11.3 Å². The van der Waals surface area contributed by atoms with Crippen LogP contribution in [-0.4, -0.2) is 23.0 Å². The van der Waals surface area contributed by atoms with Crippen LogP contribution in [0.1, 0.15) is 44.6 Å². The third-order valence-electron chi connectivity index (χ3n) is 3.85. The Hall–Kier alpha value is -3.19. The van der Waals surface area contributed by atoms with Crippen molar-refractivity contribution >= 4 is 28.9 Å². The van der Waals surface area contributed by atoms with E-state index in [9.17, 15) is 9.59 Å². The molecule has 1 heterocycles. The maximum Gasteiger partial charge on any atom is 0.338 e. The van der Waals surface area contributed by atoms with E-state index >= 15 is 0 Å². The van der Waals surface area contributed by atoms with Gasteiger partial charge in [0.15, 0.2) is 0 Å². The summed E-state index contributed by atoms with van der Waals surface area (Å²) in [5.41, 5.74) is 1.53. The monoisotopic (exact) mass is 410 g/mol. The van der Waals surface area contributed by atoms with Crippen LogP contribution in [0.25, 0.3) is 0 Å². The van der Waals surface area contributed by atoms with Crippen molar-refractivity contribution in [3.05, 3.63) is 75.7 Å². The van der Waals surface area contributed by atoms with E-state index in [4.69, 9.17) is 9.47 Å². The number of nitrogens with zero attached hydrogens (tertiary/aromatic N) is 1. The minimum Gasteiger partial charge on any atom is -0.486 e. The van der Waals surface area contributed by atoms with E-state index in [1.807, 2.05) is 30.3 Å². The largest absolute Gasteiger partial charge is 0.486 e. The second kappa shape index (κ2) is 9.34. The van der Waals surface area contributed by atoms with E-state index < -0.39 is 5.97 Å². The number of aromatic nitrogens is 1. The van der Waals surface area contributed by atoms with Crippen LogP contribution in [0, 0.1) is 6.92 Å². The standard InChI is InChI=1S/C22H22N2O4S/c1-14(2)28-22(26)16-8-7-9-17(12-16)24-21(25)20-15(3)23-19(29-20)13-27-18-10-5-4-6-11-18/h4-12,14H,13H2,1-3H3,(H,24,25). The van der Waals surface area contributed by atoms with Crippen LogP contribution in [0.3, 0.4) is 0 Å². The number of aryl methyl sites for hydroxylation is 1. The van der Waals surface area contributed by atoms with Crippen LogP contribution in [0.2, 0.25) is 0 Å². The van der Waals surface area contributed by atoms with Gasteiger partial charge in [0, 0.05) is 5.69 Å². The van der Waals surface area contributed by atoms with Crippen molar-refractivity contribution in [2.24, 2.45) is 0 Å². The molecule has 0 unspecified atom stereocenters. The zero-order valence-electron chi connectivity index (χ0n) is 16.5. The van der Waals surface area contributed by atoms with Gasteiger partial charge >= 0.3 is 5.97 Å². The molecule has 7 heteroatoms. The van der Waals surface area contributed by atoms with E-state index in [1.54, 1.807) is 45.0 Å². The highest BCUT2D eigenvalue weighted by molar-refractivity contribution is 7.13. The Morgan fingerprint density at radius 2 is 1.86 bits per heavy atom. The van der Waals surface area contributed by atoms with Crippen molar-refractivity contribution in [1.29, 1.82) is 0 Å². The first kappa shape index (κ1) is 20.5. The minimum absolute atomic E-state index is 0.211. The molecule has 3 aromatic rings. The zero-order chi connectivity index (χ0) is 20.8. The number of rotatable bonds is 7. The molecule has 0 fully saturated rings. The topological polar surface area (TPSA) is 77.5 Å². The number of para-hydroxylation sites is 1. The second-order valence-corrected chi connectivity index (χ2v) is 7.70. The number of hydrogen-bond donors (Lipinski definition) is 1. The number of anilines is 1. The smallest absolute Gasteiger partial charge is 0.338 e. The van der Waals surface area contributed by atoms with Crippen molar-refractivity contribution < 1.29 is 19.1 Å². The Kier molecular flexibility index (Phi) is 6.61. The van der Waals surface area contributed by atoms with Gasteiger partial charge in [-0.05, 0) is 51.1 Å². The third-order valence-corrected chi connectivity index (χ3v) is 4.98. The maximum atomic E-state index is 12.7. The van der Waals surface area contributed by atoms with E-state index in [2.05, 4.69) is 10.3 Å². The van der Waals surface area contributed by atoms with Crippen molar-refractivity contribution in [1.82, 2.24) is 4.98 Å². The summed E-state index contributed by atoms with van der Waals surface area (Å²) in [7, 11) is 0. The Morgan fingerprint density at radius 3 is 2.59 bits per heavy atom. The van der Waals surface area contributed by atoms with Crippen molar-refractivity contribution in [3.8, 4) is 5.75 Å². The van der Waals surface area contributed by atoms with Crippen molar-refractivity contribution in [2.45, 2.75) is 33.5 Å². The molecular weight excluding hydrogens is 388 g/mol. The molecule has 150 valence electrons. The van der Waals surface area contributed by atoms with Crippen LogP contribution in [0.5, 0.6) is 5.75 Å². The van der Waals surface area contributed by atoms with Gasteiger partial charge in [-0.1, -0.05) is 24.3 Å². The van der Waals surface area contributed by atoms with Gasteiger partial charge in [0.1, 0.15) is 22.2 Å². The van der Waals surface area contributed by atoms with Gasteiger partial charge in [-0.25, -0.2) is 9.78 Å². The molecule has 2 aromatic carbocycles. The summed E-state index contributed by atoms with van der Waals surface area (Å²) in [6.45, 7) is 5.65. The van der Waals surface area contributed by atoms with E-state index in [0.29, 0.717) is 33.4 Å². The van der Waals surface area contributed by atoms with E-state index in [0.717, 1.165) is 5.75 Å². The van der Waals surface area contributed by atoms with Crippen LogP contribution in [0.4, 0.5) is 5.69 Å². The number of ether oxygens (including phenoxy) is 2. The van der Waals surface area contributed by atoms with Crippen LogP contribution >= 0.6 is 11.3 Å². The summed E-state index contributed by atoms with van der Waals surface area (Å²) in [4.78, 5) is 29.7. The number of nitrogens with one attached hydrogen (secondary N) is 1. The molecule has 1 aromatic heterocycles. The first-order chi connectivity index (χ1) is 13.9. The molecule has 1 amide bonds. The maximum absolute atomic E-state index is 12.7. The van der Waals surface area contributed by atoms with Crippen molar-refractivity contribution in [2.75, 3.05) is 5.32 Å². The number of hydrogen-bond acceptors (Lipinski definition) is 6. The highest BCUT2D eigenvalue weighted by Gasteiger charge is 2.17. The summed E-state index contributed by atoms with van der Waals surface area (Å²) < 4.78 is 10.9. The zero-order valence-corrected chi connectivity index (χ0v) is 17.3. The van der Waals surface area contributed by atoms with Gasteiger partial charge < -0.3 is 14.8 Å². The second-order valence-electron chi connectivity index (χ2n) is 6.61. The Labute approximate surface area is 173 Å². The quantitative estimate of drug-likeness (QED) is 0.564. The van der Waals surface area contributed by atoms with Gasteiger partial charge in [-0.15, -0.1) is 11.3 Å². The fraction of sp³-hybridized carbons (Fsp3) is 0.227. The number of carbonyl (C=O) groups is 2. The molecule has 0 aliphatic rings. The molecule has 0 saturated carbocycles. The molecule has 0 bridgehead atoms. The first-order valence-corrected chi connectivity index (χ1v) is 10.0. The predicted molar refractivity (Wildman–Crippen MR) is 113 cm³/mol. The molecule has 6 nitrogen and oxygen atoms in total. The fourth-order valence-corrected chi connectivity index (χ4v) is 3.45. The molecule has 0 atom stereocenters. The molecule has 1 N–H and O–H groups in total. The number of thiazole rings is 1. The third kappa shape index (κ3) is 5.65. The molecule has 0 radical (unpaired) electrons. The lowest BCUT2D eigenvalue weighted by Crippen LogP contribution is -2.14. The van der Waals surface area contributed by atoms with Gasteiger partial charge in [-0.3, -0.25) is 4.79 Å². The lowest BCUT2D eigenvalue weighted by atomic mass is 10.2. The van der Waals surface area contributed by atoms with Crippen LogP contribution < -0.4 is 10.1 Å². The Bertz CT molecular complexity index is 999. The van der Waals surface area contributed by atoms with Gasteiger partial charge in [0.05, 0.1) is 17.4 Å². The summed E-state index contributed by atoms with van der Waals surface area (Å²) in [6.07, 6.45) is -0.211. The molecule has 0 spiro atoms. The summed E-state index contributed by atoms with van der Waals surface area (Å²) in [5, 5.41) is 3.53. The van der Waals surface area contributed by atoms with Crippen molar-refractivity contribution in [3.63, 3.8) is 0 Å². The Morgan fingerprint density at radius 1 is 1.10 bits per heavy atom. The van der Waals surface area contributed by atoms with Crippen LogP contribution in [0.15, 0.2) is 54.6 Å². The number of carbonyl (C=O) groups excluding carboxylic acids is 2. The lowest BCUT2D eigenvalue weighted by Gasteiger charge is -2.09. The first-order valence-electron chi connectivity index (χ1n) is 9.19. The van der Waals surface area contributed by atoms with Gasteiger partial charge in [-0.2, -0.15) is 0 Å². The van der Waals surface area contributed by atoms with Gasteiger partial charge in [0.25, 0.3) is 5.91 Å². The average Bonchev–Trinajstić information content (AvgIpc) is 3.07. The average molecular weight is 410 g/mol. The van der Waals surface area contributed by atoms with E-state index in [-0.39, 0.29) is 12.0 Å². The number of esters is 1. The normalized spacial score (nSPS) is 10.6. The lowest BCUT2D eigenvalue weighted by molar-refractivity contribution is 0.0377. The molecular formula is C22H22N2O4S. The number of amides is 1. The number of benzene rings is 2.